The molecule has 0 saturated heterocycles. The molecule has 52 valence electrons. The van der Waals surface area contributed by atoms with Crippen LogP contribution in [0.5, 0.6) is 0 Å². The number of hydrogen-bond acceptors (Lipinski definition) is 2. The zero-order valence-electron chi connectivity index (χ0n) is 5.49. The molecule has 0 amide bonds. The second-order valence-corrected chi connectivity index (χ2v) is 2.66. The molecule has 2 N–H and O–H groups in total. The van der Waals surface area contributed by atoms with E-state index >= 15 is 0 Å². The van der Waals surface area contributed by atoms with Crippen molar-refractivity contribution >= 4 is 0 Å². The minimum atomic E-state index is -0.353. The Kier molecular flexibility index (Phi) is 1.88. The fraction of sp³-hybridized carbons (Fsp3) is 0.714. The first kappa shape index (κ1) is 6.78. The van der Waals surface area contributed by atoms with Gasteiger partial charge in [-0.2, -0.15) is 0 Å². The summed E-state index contributed by atoms with van der Waals surface area (Å²) >= 11 is 0. The van der Waals surface area contributed by atoms with Crippen molar-refractivity contribution in [3.05, 3.63) is 12.2 Å². The van der Waals surface area contributed by atoms with Crippen molar-refractivity contribution < 1.29 is 10.2 Å². The van der Waals surface area contributed by atoms with E-state index in [1.165, 1.54) is 0 Å². The van der Waals surface area contributed by atoms with Gasteiger partial charge in [0.05, 0.1) is 12.2 Å². The van der Waals surface area contributed by atoms with Crippen molar-refractivity contribution in [1.82, 2.24) is 0 Å². The molecule has 3 atom stereocenters. The molecule has 0 aliphatic heterocycles. The Labute approximate surface area is 54.8 Å². The van der Waals surface area contributed by atoms with Crippen LogP contribution < -0.4 is 0 Å². The van der Waals surface area contributed by atoms with Gasteiger partial charge in [0.1, 0.15) is 0 Å². The van der Waals surface area contributed by atoms with Crippen molar-refractivity contribution in [2.45, 2.75) is 25.6 Å². The van der Waals surface area contributed by atoms with Gasteiger partial charge in [0.25, 0.3) is 0 Å². The second-order valence-electron chi connectivity index (χ2n) is 2.66. The Morgan fingerprint density at radius 1 is 1.33 bits per heavy atom. The molecular formula is C7H12O2. The highest BCUT2D eigenvalue weighted by Crippen LogP contribution is 2.17. The second kappa shape index (κ2) is 2.50. The average molecular weight is 128 g/mol. The van der Waals surface area contributed by atoms with Crippen LogP contribution in [0.4, 0.5) is 0 Å². The molecule has 0 saturated carbocycles. The van der Waals surface area contributed by atoms with Crippen molar-refractivity contribution in [1.29, 1.82) is 0 Å². The summed E-state index contributed by atoms with van der Waals surface area (Å²) in [5, 5.41) is 18.1. The summed E-state index contributed by atoms with van der Waals surface area (Å²) < 4.78 is 0. The highest BCUT2D eigenvalue weighted by Gasteiger charge is 2.18. The Morgan fingerprint density at radius 2 is 2.00 bits per heavy atom. The van der Waals surface area contributed by atoms with E-state index in [0.717, 1.165) is 0 Å². The summed E-state index contributed by atoms with van der Waals surface area (Å²) in [6, 6.07) is 0. The minimum absolute atomic E-state index is 0.199. The number of aliphatic hydroxyl groups excluding tert-OH is 2. The van der Waals surface area contributed by atoms with Gasteiger partial charge >= 0.3 is 0 Å². The molecule has 0 spiro atoms. The van der Waals surface area contributed by atoms with Gasteiger partial charge in [-0.3, -0.25) is 0 Å². The minimum Gasteiger partial charge on any atom is -0.389 e. The summed E-state index contributed by atoms with van der Waals surface area (Å²) in [5.74, 6) is 0.199. The van der Waals surface area contributed by atoms with Gasteiger partial charge in [0, 0.05) is 0 Å². The molecule has 1 aliphatic carbocycles. The molecule has 2 nitrogen and oxygen atoms in total. The van der Waals surface area contributed by atoms with E-state index in [4.69, 9.17) is 10.2 Å². The van der Waals surface area contributed by atoms with Crippen LogP contribution in [0, 0.1) is 5.92 Å². The average Bonchev–Trinajstić information content (AvgIpc) is 1.80. The smallest absolute Gasteiger partial charge is 0.0748 e. The lowest BCUT2D eigenvalue weighted by Gasteiger charge is -2.22. The number of aliphatic hydroxyl groups is 2. The third kappa shape index (κ3) is 1.53. The molecule has 9 heavy (non-hydrogen) atoms. The molecule has 0 aromatic heterocycles. The molecular weight excluding hydrogens is 116 g/mol. The van der Waals surface area contributed by atoms with Gasteiger partial charge in [-0.05, 0) is 12.3 Å². The molecule has 1 rings (SSSR count). The molecule has 0 fully saturated rings. The monoisotopic (exact) mass is 128 g/mol. The normalized spacial score (nSPS) is 43.2. The van der Waals surface area contributed by atoms with E-state index in [0.29, 0.717) is 6.42 Å². The van der Waals surface area contributed by atoms with Crippen LogP contribution in [0.3, 0.4) is 0 Å². The first-order valence-corrected chi connectivity index (χ1v) is 3.24. The van der Waals surface area contributed by atoms with E-state index in [-0.39, 0.29) is 18.1 Å². The van der Waals surface area contributed by atoms with Gasteiger partial charge in [-0.25, -0.2) is 0 Å². The van der Waals surface area contributed by atoms with Gasteiger partial charge in [0.2, 0.25) is 0 Å². The zero-order valence-corrected chi connectivity index (χ0v) is 5.49. The predicted octanol–water partition coefficient (Wildman–Crippen LogP) is 0.304. The maximum Gasteiger partial charge on any atom is 0.0748 e. The fourth-order valence-corrected chi connectivity index (χ4v) is 1.03. The van der Waals surface area contributed by atoms with Crippen LogP contribution in [0.15, 0.2) is 12.2 Å². The zero-order chi connectivity index (χ0) is 6.85. The molecule has 1 aliphatic rings. The number of hydrogen-bond donors (Lipinski definition) is 2. The summed E-state index contributed by atoms with van der Waals surface area (Å²) in [5.41, 5.74) is 0. The molecule has 0 bridgehead atoms. The van der Waals surface area contributed by atoms with Crippen LogP contribution in [0.1, 0.15) is 13.3 Å². The standard InChI is InChI=1S/C7H12O2/c1-5-4-6(8)2-3-7(5)9/h2-3,5-9H,4H2,1H3. The van der Waals surface area contributed by atoms with Gasteiger partial charge in [0.15, 0.2) is 0 Å². The van der Waals surface area contributed by atoms with E-state index in [9.17, 15) is 0 Å². The number of rotatable bonds is 0. The summed E-state index contributed by atoms with van der Waals surface area (Å²) in [6.07, 6.45) is 3.28. The van der Waals surface area contributed by atoms with E-state index < -0.39 is 0 Å². The van der Waals surface area contributed by atoms with Crippen LogP contribution in [0.25, 0.3) is 0 Å². The van der Waals surface area contributed by atoms with Crippen molar-refractivity contribution in [3.8, 4) is 0 Å². The molecule has 0 heterocycles. The van der Waals surface area contributed by atoms with Gasteiger partial charge in [-0.1, -0.05) is 19.1 Å². The lowest BCUT2D eigenvalue weighted by atomic mass is 9.92. The van der Waals surface area contributed by atoms with Gasteiger partial charge in [-0.15, -0.1) is 0 Å². The van der Waals surface area contributed by atoms with E-state index in [1.807, 2.05) is 6.92 Å². The Balaban J connectivity index is 2.54. The first-order valence-electron chi connectivity index (χ1n) is 3.24. The molecule has 0 aromatic carbocycles. The highest BCUT2D eigenvalue weighted by atomic mass is 16.3. The molecule has 0 aromatic rings. The first-order chi connectivity index (χ1) is 4.20. The Morgan fingerprint density at radius 3 is 2.44 bits per heavy atom. The topological polar surface area (TPSA) is 40.5 Å². The molecule has 3 unspecified atom stereocenters. The van der Waals surface area contributed by atoms with Crippen LogP contribution in [0.2, 0.25) is 0 Å². The largest absolute Gasteiger partial charge is 0.389 e. The van der Waals surface area contributed by atoms with Crippen molar-refractivity contribution in [2.75, 3.05) is 0 Å². The predicted molar refractivity (Wildman–Crippen MR) is 34.9 cm³/mol. The molecule has 2 heteroatoms. The van der Waals surface area contributed by atoms with Crippen LogP contribution in [-0.2, 0) is 0 Å². The van der Waals surface area contributed by atoms with Crippen molar-refractivity contribution in [2.24, 2.45) is 5.92 Å². The Hall–Kier alpha value is -0.340. The third-order valence-electron chi connectivity index (χ3n) is 1.73. The SMILES string of the molecule is CC1CC(O)C=CC1O. The Bertz CT molecular complexity index is 120. The van der Waals surface area contributed by atoms with Crippen LogP contribution in [-0.4, -0.2) is 22.4 Å². The van der Waals surface area contributed by atoms with Gasteiger partial charge < -0.3 is 10.2 Å². The lowest BCUT2D eigenvalue weighted by Crippen LogP contribution is -2.24. The molecule has 0 radical (unpaired) electrons. The third-order valence-corrected chi connectivity index (χ3v) is 1.73. The fourth-order valence-electron chi connectivity index (χ4n) is 1.03. The lowest BCUT2D eigenvalue weighted by molar-refractivity contribution is 0.0999. The highest BCUT2D eigenvalue weighted by molar-refractivity contribution is 5.01. The summed E-state index contributed by atoms with van der Waals surface area (Å²) in [7, 11) is 0. The maximum absolute atomic E-state index is 9.10. The van der Waals surface area contributed by atoms with E-state index in [2.05, 4.69) is 0 Å². The maximum atomic E-state index is 9.10. The van der Waals surface area contributed by atoms with Crippen LogP contribution >= 0.6 is 0 Å². The summed E-state index contributed by atoms with van der Waals surface area (Å²) in [4.78, 5) is 0. The van der Waals surface area contributed by atoms with Crippen molar-refractivity contribution in [3.63, 3.8) is 0 Å². The van der Waals surface area contributed by atoms with E-state index in [1.54, 1.807) is 12.2 Å². The quantitative estimate of drug-likeness (QED) is 0.461. The summed E-state index contributed by atoms with van der Waals surface area (Å²) in [6.45, 7) is 1.93.